The van der Waals surface area contributed by atoms with Crippen LogP contribution in [0.4, 0.5) is 5.69 Å². The molecule has 1 aromatic carbocycles. The molecule has 0 saturated heterocycles. The Morgan fingerprint density at radius 3 is 2.82 bits per heavy atom. The van der Waals surface area contributed by atoms with Crippen LogP contribution in [0.15, 0.2) is 24.3 Å². The quantitative estimate of drug-likeness (QED) is 0.678. The van der Waals surface area contributed by atoms with Crippen LogP contribution in [0.2, 0.25) is 0 Å². The molecule has 0 radical (unpaired) electrons. The maximum atomic E-state index is 10.2. The second-order valence-corrected chi connectivity index (χ2v) is 2.88. The second-order valence-electron chi connectivity index (χ2n) is 2.21. The van der Waals surface area contributed by atoms with E-state index in [-0.39, 0.29) is 0 Å². The molecule has 1 unspecified atom stereocenters. The summed E-state index contributed by atoms with van der Waals surface area (Å²) in [5.41, 5.74) is 1.62. The van der Waals surface area contributed by atoms with Gasteiger partial charge in [0.1, 0.15) is 0 Å². The van der Waals surface area contributed by atoms with Crippen LogP contribution in [0.25, 0.3) is 0 Å². The zero-order valence-electron chi connectivity index (χ0n) is 6.03. The van der Waals surface area contributed by atoms with Gasteiger partial charge in [0.25, 0.3) is 0 Å². The van der Waals surface area contributed by atoms with Crippen LogP contribution < -0.4 is 4.72 Å². The fourth-order valence-corrected chi connectivity index (χ4v) is 1.12. The molecule has 1 aromatic rings. The Bertz CT molecular complexity index is 275. The minimum absolute atomic E-state index is 0.596. The summed E-state index contributed by atoms with van der Waals surface area (Å²) in [4.78, 5) is 0. The van der Waals surface area contributed by atoms with Crippen molar-refractivity contribution < 1.29 is 8.76 Å². The summed E-state index contributed by atoms with van der Waals surface area (Å²) in [6, 6.07) is 7.15. The average molecular weight is 170 g/mol. The summed E-state index contributed by atoms with van der Waals surface area (Å²) in [5.74, 6) is 0. The number of aryl methyl sites for hydroxylation is 1. The average Bonchev–Trinajstić information content (AvgIpc) is 1.85. The van der Waals surface area contributed by atoms with Crippen LogP contribution in [0.5, 0.6) is 0 Å². The molecule has 0 aromatic heterocycles. The predicted octanol–water partition coefficient (Wildman–Crippen LogP) is 1.20. The van der Waals surface area contributed by atoms with E-state index in [4.69, 9.17) is 0 Å². The first-order valence-corrected chi connectivity index (χ1v) is 4.18. The SMILES string of the molecule is Cc1cccc(NS(=O)[O-])c1. The van der Waals surface area contributed by atoms with Crippen molar-refractivity contribution in [3.63, 3.8) is 0 Å². The van der Waals surface area contributed by atoms with Gasteiger partial charge in [-0.25, -0.2) is 0 Å². The fourth-order valence-electron chi connectivity index (χ4n) is 0.805. The zero-order valence-corrected chi connectivity index (χ0v) is 6.85. The molecule has 4 heteroatoms. The van der Waals surface area contributed by atoms with Crippen molar-refractivity contribution in [2.45, 2.75) is 6.92 Å². The molecule has 3 nitrogen and oxygen atoms in total. The van der Waals surface area contributed by atoms with Crippen LogP contribution >= 0.6 is 0 Å². The van der Waals surface area contributed by atoms with E-state index in [9.17, 15) is 8.76 Å². The molecule has 60 valence electrons. The lowest BCUT2D eigenvalue weighted by atomic mass is 10.2. The molecule has 0 amide bonds. The van der Waals surface area contributed by atoms with Crippen molar-refractivity contribution in [3.8, 4) is 0 Å². The van der Waals surface area contributed by atoms with Gasteiger partial charge in [-0.15, -0.1) is 0 Å². The highest BCUT2D eigenvalue weighted by molar-refractivity contribution is 7.80. The smallest absolute Gasteiger partial charge is 0.0455 e. The van der Waals surface area contributed by atoms with Gasteiger partial charge in [0.05, 0.1) is 0 Å². The number of nitrogens with one attached hydrogen (secondary N) is 1. The molecule has 0 aliphatic carbocycles. The summed E-state index contributed by atoms with van der Waals surface area (Å²) >= 11 is -2.22. The van der Waals surface area contributed by atoms with Crippen LogP contribution in [-0.2, 0) is 11.3 Å². The highest BCUT2D eigenvalue weighted by atomic mass is 32.2. The summed E-state index contributed by atoms with van der Waals surface area (Å²) < 4.78 is 22.6. The molecular weight excluding hydrogens is 162 g/mol. The van der Waals surface area contributed by atoms with Crippen molar-refractivity contribution in [1.82, 2.24) is 0 Å². The molecule has 0 bridgehead atoms. The van der Waals surface area contributed by atoms with E-state index in [2.05, 4.69) is 4.72 Å². The first-order chi connectivity index (χ1) is 5.18. The third-order valence-electron chi connectivity index (χ3n) is 1.22. The molecule has 1 rings (SSSR count). The van der Waals surface area contributed by atoms with Crippen LogP contribution in [0, 0.1) is 6.92 Å². The Labute approximate surface area is 67.9 Å². The predicted molar refractivity (Wildman–Crippen MR) is 43.7 cm³/mol. The largest absolute Gasteiger partial charge is 0.755 e. The molecule has 0 heterocycles. The van der Waals surface area contributed by atoms with E-state index in [1.54, 1.807) is 18.2 Å². The third kappa shape index (κ3) is 2.69. The number of hydrogen-bond acceptors (Lipinski definition) is 2. The first kappa shape index (κ1) is 8.23. The van der Waals surface area contributed by atoms with Gasteiger partial charge in [0.15, 0.2) is 0 Å². The Kier molecular flexibility index (Phi) is 2.62. The van der Waals surface area contributed by atoms with Crippen molar-refractivity contribution in [2.75, 3.05) is 4.72 Å². The highest BCUT2D eigenvalue weighted by Crippen LogP contribution is 2.09. The lowest BCUT2D eigenvalue weighted by Gasteiger charge is -2.08. The van der Waals surface area contributed by atoms with Crippen LogP contribution in [-0.4, -0.2) is 8.76 Å². The minimum Gasteiger partial charge on any atom is -0.755 e. The van der Waals surface area contributed by atoms with Crippen molar-refractivity contribution in [3.05, 3.63) is 29.8 Å². The van der Waals surface area contributed by atoms with Gasteiger partial charge in [-0.05, 0) is 24.6 Å². The topological polar surface area (TPSA) is 52.2 Å². The zero-order chi connectivity index (χ0) is 8.27. The third-order valence-corrected chi connectivity index (χ3v) is 1.62. The Balaban J connectivity index is 2.79. The number of rotatable bonds is 2. The number of hydrogen-bond donors (Lipinski definition) is 1. The lowest BCUT2D eigenvalue weighted by molar-refractivity contribution is 0.542. The van der Waals surface area contributed by atoms with Gasteiger partial charge in [-0.3, -0.25) is 4.21 Å². The van der Waals surface area contributed by atoms with E-state index in [1.165, 1.54) is 0 Å². The molecule has 0 fully saturated rings. The maximum Gasteiger partial charge on any atom is 0.0455 e. The monoisotopic (exact) mass is 170 g/mol. The van der Waals surface area contributed by atoms with Gasteiger partial charge < -0.3 is 9.27 Å². The van der Waals surface area contributed by atoms with Gasteiger partial charge in [0.2, 0.25) is 0 Å². The number of anilines is 1. The molecule has 0 aliphatic rings. The molecule has 1 atom stereocenters. The fraction of sp³-hybridized carbons (Fsp3) is 0.143. The normalized spacial score (nSPS) is 12.5. The Hall–Kier alpha value is -0.870. The van der Waals surface area contributed by atoms with Gasteiger partial charge in [-0.1, -0.05) is 12.1 Å². The minimum atomic E-state index is -2.22. The Morgan fingerprint density at radius 2 is 2.27 bits per heavy atom. The summed E-state index contributed by atoms with van der Waals surface area (Å²) in [6.07, 6.45) is 0. The molecule has 0 saturated carbocycles. The molecule has 1 N–H and O–H groups in total. The van der Waals surface area contributed by atoms with Crippen LogP contribution in [0.3, 0.4) is 0 Å². The van der Waals surface area contributed by atoms with Crippen molar-refractivity contribution in [2.24, 2.45) is 0 Å². The van der Waals surface area contributed by atoms with Gasteiger partial charge in [0, 0.05) is 17.0 Å². The maximum absolute atomic E-state index is 10.2. The van der Waals surface area contributed by atoms with E-state index in [1.807, 2.05) is 13.0 Å². The number of benzene rings is 1. The summed E-state index contributed by atoms with van der Waals surface area (Å²) in [7, 11) is 0. The van der Waals surface area contributed by atoms with Crippen molar-refractivity contribution >= 4 is 17.0 Å². The molecule has 0 spiro atoms. The standard InChI is InChI=1S/C7H9NO2S/c1-6-3-2-4-7(5-6)8-11(9)10/h2-5,8H,1H3,(H,9,10)/p-1. The molecular formula is C7H8NO2S-. The lowest BCUT2D eigenvalue weighted by Crippen LogP contribution is -2.01. The van der Waals surface area contributed by atoms with E-state index >= 15 is 0 Å². The van der Waals surface area contributed by atoms with Crippen LogP contribution in [0.1, 0.15) is 5.56 Å². The summed E-state index contributed by atoms with van der Waals surface area (Å²) in [6.45, 7) is 1.90. The van der Waals surface area contributed by atoms with E-state index in [0.717, 1.165) is 5.56 Å². The highest BCUT2D eigenvalue weighted by Gasteiger charge is 1.89. The van der Waals surface area contributed by atoms with Gasteiger partial charge in [-0.2, -0.15) is 0 Å². The van der Waals surface area contributed by atoms with E-state index in [0.29, 0.717) is 5.69 Å². The van der Waals surface area contributed by atoms with Crippen molar-refractivity contribution in [1.29, 1.82) is 0 Å². The second kappa shape index (κ2) is 3.50. The molecule has 11 heavy (non-hydrogen) atoms. The van der Waals surface area contributed by atoms with Gasteiger partial charge >= 0.3 is 0 Å². The summed E-state index contributed by atoms with van der Waals surface area (Å²) in [5, 5.41) is 0. The first-order valence-electron chi connectivity index (χ1n) is 3.11. The molecule has 0 aliphatic heterocycles. The Morgan fingerprint density at radius 1 is 1.55 bits per heavy atom. The van der Waals surface area contributed by atoms with E-state index < -0.39 is 11.3 Å².